The first kappa shape index (κ1) is 25.4. The molecule has 1 saturated heterocycles. The molecule has 0 atom stereocenters. The molecule has 0 spiro atoms. The fourth-order valence-corrected chi connectivity index (χ4v) is 6.44. The highest BCUT2D eigenvalue weighted by Gasteiger charge is 2.32. The second-order valence-electron chi connectivity index (χ2n) is 10.1. The summed E-state index contributed by atoms with van der Waals surface area (Å²) in [7, 11) is -0.340. The maximum absolute atomic E-state index is 13.3. The summed E-state index contributed by atoms with van der Waals surface area (Å²) in [5.74, 6) is 0.231. The molecule has 1 fully saturated rings. The molecule has 0 aliphatic carbocycles. The van der Waals surface area contributed by atoms with Gasteiger partial charge in [-0.05, 0) is 48.2 Å². The highest BCUT2D eigenvalue weighted by atomic mass is 32.2. The van der Waals surface area contributed by atoms with E-state index in [2.05, 4.69) is 16.1 Å². The number of nitrogen functional groups attached to an aromatic ring is 1. The maximum Gasteiger partial charge on any atom is 0.281 e. The lowest BCUT2D eigenvalue weighted by molar-refractivity contribution is 0.299. The first-order valence-electron chi connectivity index (χ1n) is 12.7. The summed E-state index contributed by atoms with van der Waals surface area (Å²) < 4.78 is 44.9. The number of aromatic nitrogens is 5. The molecule has 0 unspecified atom stereocenters. The van der Waals surface area contributed by atoms with E-state index in [-0.39, 0.29) is 11.7 Å². The molecular formula is C27H29FN8O2S. The van der Waals surface area contributed by atoms with Gasteiger partial charge in [0, 0.05) is 55.9 Å². The van der Waals surface area contributed by atoms with E-state index in [1.165, 1.54) is 27.1 Å². The van der Waals surface area contributed by atoms with Gasteiger partial charge in [0.1, 0.15) is 17.7 Å². The largest absolute Gasteiger partial charge is 0.382 e. The van der Waals surface area contributed by atoms with Crippen LogP contribution < -0.4 is 5.73 Å². The van der Waals surface area contributed by atoms with Gasteiger partial charge in [-0.3, -0.25) is 4.68 Å². The fourth-order valence-electron chi connectivity index (χ4n) is 5.31. The van der Waals surface area contributed by atoms with Crippen LogP contribution in [0.25, 0.3) is 27.5 Å². The number of anilines is 1. The van der Waals surface area contributed by atoms with E-state index >= 15 is 0 Å². The molecule has 202 valence electrons. The van der Waals surface area contributed by atoms with E-state index in [9.17, 15) is 12.8 Å². The van der Waals surface area contributed by atoms with Crippen molar-refractivity contribution in [3.05, 3.63) is 78.1 Å². The lowest BCUT2D eigenvalue weighted by atomic mass is 9.94. The van der Waals surface area contributed by atoms with Crippen molar-refractivity contribution in [2.24, 2.45) is 0 Å². The Balaban J connectivity index is 1.33. The van der Waals surface area contributed by atoms with E-state index in [0.29, 0.717) is 38.3 Å². The van der Waals surface area contributed by atoms with Gasteiger partial charge in [-0.15, -0.1) is 0 Å². The quantitative estimate of drug-likeness (QED) is 0.347. The third-order valence-electron chi connectivity index (χ3n) is 7.39. The zero-order valence-corrected chi connectivity index (χ0v) is 22.5. The topological polar surface area (TPSA) is 115 Å². The number of benzene rings is 2. The monoisotopic (exact) mass is 548 g/mol. The van der Waals surface area contributed by atoms with Gasteiger partial charge in [0.25, 0.3) is 10.2 Å². The van der Waals surface area contributed by atoms with E-state index < -0.39 is 10.2 Å². The molecule has 39 heavy (non-hydrogen) atoms. The Kier molecular flexibility index (Phi) is 6.32. The summed E-state index contributed by atoms with van der Waals surface area (Å²) in [6.07, 6.45) is 4.77. The zero-order chi connectivity index (χ0) is 27.3. The number of fused-ring (bicyclic) bond motifs is 2. The van der Waals surface area contributed by atoms with Crippen molar-refractivity contribution in [3.8, 4) is 11.1 Å². The van der Waals surface area contributed by atoms with E-state index in [4.69, 9.17) is 10.8 Å². The third-order valence-corrected chi connectivity index (χ3v) is 9.33. The van der Waals surface area contributed by atoms with Crippen LogP contribution in [0.1, 0.15) is 30.0 Å². The van der Waals surface area contributed by atoms with Gasteiger partial charge in [0.15, 0.2) is 5.82 Å². The van der Waals surface area contributed by atoms with Crippen LogP contribution in [-0.2, 0) is 16.8 Å². The smallest absolute Gasteiger partial charge is 0.281 e. The lowest BCUT2D eigenvalue weighted by Gasteiger charge is -2.32. The normalized spacial score (nSPS) is 15.6. The second kappa shape index (κ2) is 9.70. The van der Waals surface area contributed by atoms with Gasteiger partial charge >= 0.3 is 0 Å². The van der Waals surface area contributed by atoms with Gasteiger partial charge in [-0.1, -0.05) is 24.3 Å². The van der Waals surface area contributed by atoms with Gasteiger partial charge in [0.2, 0.25) is 0 Å². The Bertz CT molecular complexity index is 1770. The molecule has 0 amide bonds. The molecule has 2 N–H and O–H groups in total. The molecule has 12 heteroatoms. The number of rotatable bonds is 6. The van der Waals surface area contributed by atoms with Crippen LogP contribution in [0.5, 0.6) is 0 Å². The van der Waals surface area contributed by atoms with Crippen molar-refractivity contribution >= 4 is 32.4 Å². The molecule has 0 radical (unpaired) electrons. The van der Waals surface area contributed by atoms with Crippen LogP contribution in [-0.4, -0.2) is 68.6 Å². The highest BCUT2D eigenvalue weighted by molar-refractivity contribution is 7.86. The lowest BCUT2D eigenvalue weighted by Crippen LogP contribution is -2.44. The summed E-state index contributed by atoms with van der Waals surface area (Å²) in [6.45, 7) is 1.41. The molecule has 2 aromatic carbocycles. The molecule has 1 aliphatic rings. The van der Waals surface area contributed by atoms with Crippen LogP contribution in [0.2, 0.25) is 0 Å². The fraction of sp³-hybridized carbons (Fsp3) is 0.296. The average molecular weight is 549 g/mol. The van der Waals surface area contributed by atoms with E-state index in [0.717, 1.165) is 38.8 Å². The second-order valence-corrected chi connectivity index (χ2v) is 12.2. The predicted molar refractivity (Wildman–Crippen MR) is 148 cm³/mol. The summed E-state index contributed by atoms with van der Waals surface area (Å²) in [4.78, 5) is 4.24. The minimum absolute atomic E-state index is 0.118. The molecule has 6 rings (SSSR count). The molecule has 1 aliphatic heterocycles. The average Bonchev–Trinajstić information content (AvgIpc) is 3.51. The third kappa shape index (κ3) is 4.64. The van der Waals surface area contributed by atoms with E-state index in [1.807, 2.05) is 33.6 Å². The number of halogens is 1. The highest BCUT2D eigenvalue weighted by Crippen LogP contribution is 2.37. The summed E-state index contributed by atoms with van der Waals surface area (Å²) >= 11 is 0. The number of hydrogen-bond acceptors (Lipinski definition) is 6. The van der Waals surface area contributed by atoms with E-state index in [1.54, 1.807) is 26.2 Å². The molecule has 5 aromatic rings. The Morgan fingerprint density at radius 1 is 1.08 bits per heavy atom. The number of hydrogen-bond donors (Lipinski definition) is 1. The standard InChI is InChI=1S/C27H29FN8O2S/c1-33(2)39(37,38)35-11-9-19(10-12-35)25-14-23(26-27(29)30-17-31-36(25)26)20-5-6-21-16-34(32-24(21)13-20)15-18-3-7-22(28)8-4-18/h3-8,13-14,16-17,19H,9-12,15H2,1-2H3,(H2,29,30,31). The first-order valence-corrected chi connectivity index (χ1v) is 14.1. The minimum atomic E-state index is -3.44. The molecule has 4 heterocycles. The van der Waals surface area contributed by atoms with Crippen molar-refractivity contribution in [1.82, 2.24) is 33.0 Å². The van der Waals surface area contributed by atoms with Crippen molar-refractivity contribution in [3.63, 3.8) is 0 Å². The number of piperidine rings is 1. The van der Waals surface area contributed by atoms with Crippen LogP contribution in [0.15, 0.2) is 61.1 Å². The zero-order valence-electron chi connectivity index (χ0n) is 21.7. The Labute approximate surface area is 225 Å². The van der Waals surface area contributed by atoms with Gasteiger partial charge in [-0.25, -0.2) is 13.9 Å². The SMILES string of the molecule is CN(C)S(=O)(=O)N1CCC(c2cc(-c3ccc4cn(Cc5ccc(F)cc5)nc4c3)c3c(N)ncnn23)CC1. The van der Waals surface area contributed by atoms with Crippen LogP contribution in [0, 0.1) is 5.82 Å². The minimum Gasteiger partial charge on any atom is -0.382 e. The summed E-state index contributed by atoms with van der Waals surface area (Å²) in [5, 5.41) is 10.3. The first-order chi connectivity index (χ1) is 18.7. The molecule has 0 bridgehead atoms. The van der Waals surface area contributed by atoms with Crippen molar-refractivity contribution in [2.45, 2.75) is 25.3 Å². The molecular weight excluding hydrogens is 519 g/mol. The Morgan fingerprint density at radius 2 is 1.82 bits per heavy atom. The van der Waals surface area contributed by atoms with Crippen LogP contribution in [0.3, 0.4) is 0 Å². The van der Waals surface area contributed by atoms with Crippen molar-refractivity contribution in [1.29, 1.82) is 0 Å². The molecule has 3 aromatic heterocycles. The summed E-state index contributed by atoms with van der Waals surface area (Å²) in [5.41, 5.74) is 11.7. The predicted octanol–water partition coefficient (Wildman–Crippen LogP) is 3.50. The maximum atomic E-state index is 13.3. The molecule has 10 nitrogen and oxygen atoms in total. The van der Waals surface area contributed by atoms with Crippen molar-refractivity contribution in [2.75, 3.05) is 32.9 Å². The van der Waals surface area contributed by atoms with Gasteiger partial charge < -0.3 is 5.73 Å². The number of nitrogens with two attached hydrogens (primary N) is 1. The Hall–Kier alpha value is -3.87. The van der Waals surface area contributed by atoms with Crippen molar-refractivity contribution < 1.29 is 12.8 Å². The molecule has 0 saturated carbocycles. The van der Waals surface area contributed by atoms with Gasteiger partial charge in [0.05, 0.1) is 12.1 Å². The Morgan fingerprint density at radius 3 is 2.54 bits per heavy atom. The number of nitrogens with zero attached hydrogens (tertiary/aromatic N) is 7. The van der Waals surface area contributed by atoms with Crippen LogP contribution >= 0.6 is 0 Å². The van der Waals surface area contributed by atoms with Gasteiger partial charge in [-0.2, -0.15) is 27.2 Å². The summed E-state index contributed by atoms with van der Waals surface area (Å²) in [6, 6.07) is 14.6. The van der Waals surface area contributed by atoms with Crippen LogP contribution in [0.4, 0.5) is 10.2 Å².